The molecule has 0 saturated carbocycles. The van der Waals surface area contributed by atoms with Crippen LogP contribution >= 0.6 is 0 Å². The highest BCUT2D eigenvalue weighted by Gasteiger charge is 2.19. The number of nitrogens with zero attached hydrogens (tertiary/aromatic N) is 2. The maximum absolute atomic E-state index is 11.5. The number of hydrazine groups is 1. The molecule has 0 aliphatic rings. The zero-order valence-corrected chi connectivity index (χ0v) is 8.73. The molecule has 0 spiro atoms. The molecule has 0 saturated heterocycles. The number of hydrogen-bond donors (Lipinski definition) is 2. The fourth-order valence-corrected chi connectivity index (χ4v) is 1.31. The zero-order chi connectivity index (χ0) is 11.4. The highest BCUT2D eigenvalue weighted by atomic mass is 16.2. The van der Waals surface area contributed by atoms with E-state index in [1.807, 2.05) is 5.43 Å². The maximum atomic E-state index is 11.5. The SMILES string of the molecule is CCC(C(=O)NN)n1nc(C)ccc1=O. The van der Waals surface area contributed by atoms with Crippen molar-refractivity contribution < 1.29 is 4.79 Å². The van der Waals surface area contributed by atoms with Crippen LogP contribution in [0.2, 0.25) is 0 Å². The number of carbonyl (C=O) groups is 1. The van der Waals surface area contributed by atoms with Crippen LogP contribution in [-0.4, -0.2) is 15.7 Å². The summed E-state index contributed by atoms with van der Waals surface area (Å²) >= 11 is 0. The van der Waals surface area contributed by atoms with Gasteiger partial charge in [0.2, 0.25) is 0 Å². The molecule has 6 heteroatoms. The quantitative estimate of drug-likeness (QED) is 0.399. The topological polar surface area (TPSA) is 90.0 Å². The molecule has 1 rings (SSSR count). The van der Waals surface area contributed by atoms with E-state index in [1.165, 1.54) is 6.07 Å². The Morgan fingerprint density at radius 2 is 2.33 bits per heavy atom. The summed E-state index contributed by atoms with van der Waals surface area (Å²) in [5.41, 5.74) is 2.39. The molecular weight excluding hydrogens is 196 g/mol. The highest BCUT2D eigenvalue weighted by Crippen LogP contribution is 2.06. The Bertz CT molecular complexity index is 413. The molecule has 0 aromatic carbocycles. The summed E-state index contributed by atoms with van der Waals surface area (Å²) in [7, 11) is 0. The average molecular weight is 210 g/mol. The number of aromatic nitrogens is 2. The number of amides is 1. The van der Waals surface area contributed by atoms with E-state index in [-0.39, 0.29) is 5.56 Å². The first kappa shape index (κ1) is 11.4. The Hall–Kier alpha value is -1.69. The molecule has 0 fully saturated rings. The van der Waals surface area contributed by atoms with Crippen LogP contribution in [0, 0.1) is 6.92 Å². The molecule has 6 nitrogen and oxygen atoms in total. The number of carbonyl (C=O) groups excluding carboxylic acids is 1. The zero-order valence-electron chi connectivity index (χ0n) is 8.73. The van der Waals surface area contributed by atoms with Crippen LogP contribution < -0.4 is 16.8 Å². The Kier molecular flexibility index (Phi) is 3.56. The summed E-state index contributed by atoms with van der Waals surface area (Å²) in [6.07, 6.45) is 0.458. The van der Waals surface area contributed by atoms with E-state index < -0.39 is 11.9 Å². The Labute approximate surface area is 87.1 Å². The lowest BCUT2D eigenvalue weighted by atomic mass is 10.2. The van der Waals surface area contributed by atoms with Gasteiger partial charge >= 0.3 is 0 Å². The number of hydrogen-bond acceptors (Lipinski definition) is 4. The minimum atomic E-state index is -0.651. The lowest BCUT2D eigenvalue weighted by molar-refractivity contribution is -0.124. The van der Waals surface area contributed by atoms with Gasteiger partial charge in [0, 0.05) is 6.07 Å². The summed E-state index contributed by atoms with van der Waals surface area (Å²) < 4.78 is 1.15. The molecule has 1 aromatic heterocycles. The monoisotopic (exact) mass is 210 g/mol. The van der Waals surface area contributed by atoms with Crippen molar-refractivity contribution in [2.24, 2.45) is 5.84 Å². The smallest absolute Gasteiger partial charge is 0.267 e. The van der Waals surface area contributed by atoms with Crippen LogP contribution in [0.5, 0.6) is 0 Å². The Morgan fingerprint density at radius 3 is 2.87 bits per heavy atom. The molecule has 0 radical (unpaired) electrons. The molecule has 1 atom stereocenters. The molecule has 1 aromatic rings. The summed E-state index contributed by atoms with van der Waals surface area (Å²) in [4.78, 5) is 22.8. The van der Waals surface area contributed by atoms with Gasteiger partial charge in [0.1, 0.15) is 6.04 Å². The molecule has 15 heavy (non-hydrogen) atoms. The largest absolute Gasteiger partial charge is 0.292 e. The van der Waals surface area contributed by atoms with Gasteiger partial charge in [-0.2, -0.15) is 5.10 Å². The molecular formula is C9H14N4O2. The van der Waals surface area contributed by atoms with E-state index in [0.29, 0.717) is 12.1 Å². The lowest BCUT2D eigenvalue weighted by Gasteiger charge is -2.14. The molecule has 1 heterocycles. The predicted octanol–water partition coefficient (Wildman–Crippen LogP) is -0.507. The first-order valence-electron chi connectivity index (χ1n) is 4.67. The fourth-order valence-electron chi connectivity index (χ4n) is 1.31. The van der Waals surface area contributed by atoms with E-state index in [4.69, 9.17) is 5.84 Å². The minimum absolute atomic E-state index is 0.309. The second-order valence-electron chi connectivity index (χ2n) is 3.19. The van der Waals surface area contributed by atoms with Crippen molar-refractivity contribution in [3.63, 3.8) is 0 Å². The third-order valence-corrected chi connectivity index (χ3v) is 2.09. The van der Waals surface area contributed by atoms with Gasteiger partial charge in [0.15, 0.2) is 0 Å². The molecule has 1 unspecified atom stereocenters. The van der Waals surface area contributed by atoms with Crippen LogP contribution in [0.15, 0.2) is 16.9 Å². The average Bonchev–Trinajstić information content (AvgIpc) is 2.23. The van der Waals surface area contributed by atoms with Crippen LogP contribution in [0.3, 0.4) is 0 Å². The standard InChI is InChI=1S/C9H14N4O2/c1-3-7(9(15)11-10)13-8(14)5-4-6(2)12-13/h4-5,7H,3,10H2,1-2H3,(H,11,15). The van der Waals surface area contributed by atoms with Gasteiger partial charge in [-0.3, -0.25) is 15.0 Å². The van der Waals surface area contributed by atoms with Crippen molar-refractivity contribution in [2.45, 2.75) is 26.3 Å². The fraction of sp³-hybridized carbons (Fsp3) is 0.444. The van der Waals surface area contributed by atoms with Gasteiger partial charge in [-0.15, -0.1) is 0 Å². The molecule has 0 bridgehead atoms. The van der Waals surface area contributed by atoms with Gasteiger partial charge in [-0.1, -0.05) is 6.92 Å². The predicted molar refractivity (Wildman–Crippen MR) is 54.9 cm³/mol. The first-order chi connectivity index (χ1) is 7.10. The number of nitrogens with one attached hydrogen (secondary N) is 1. The highest BCUT2D eigenvalue weighted by molar-refractivity contribution is 5.79. The number of nitrogens with two attached hydrogens (primary N) is 1. The molecule has 82 valence electrons. The van der Waals surface area contributed by atoms with Gasteiger partial charge in [0.05, 0.1) is 5.69 Å². The van der Waals surface area contributed by atoms with Gasteiger partial charge in [-0.25, -0.2) is 10.5 Å². The van der Waals surface area contributed by atoms with Crippen LogP contribution in [0.4, 0.5) is 0 Å². The third-order valence-electron chi connectivity index (χ3n) is 2.09. The van der Waals surface area contributed by atoms with E-state index in [1.54, 1.807) is 19.9 Å². The number of aryl methyl sites for hydroxylation is 1. The Morgan fingerprint density at radius 1 is 1.67 bits per heavy atom. The van der Waals surface area contributed by atoms with Crippen molar-refractivity contribution in [1.82, 2.24) is 15.2 Å². The lowest BCUT2D eigenvalue weighted by Crippen LogP contribution is -2.41. The van der Waals surface area contributed by atoms with Crippen LogP contribution in [0.25, 0.3) is 0 Å². The van der Waals surface area contributed by atoms with E-state index in [2.05, 4.69) is 5.10 Å². The van der Waals surface area contributed by atoms with Gasteiger partial charge in [-0.05, 0) is 19.4 Å². The van der Waals surface area contributed by atoms with Crippen molar-refractivity contribution in [3.8, 4) is 0 Å². The normalized spacial score (nSPS) is 12.2. The summed E-state index contributed by atoms with van der Waals surface area (Å²) in [6, 6.07) is 2.34. The van der Waals surface area contributed by atoms with Gasteiger partial charge < -0.3 is 0 Å². The minimum Gasteiger partial charge on any atom is -0.292 e. The van der Waals surface area contributed by atoms with Crippen molar-refractivity contribution >= 4 is 5.91 Å². The van der Waals surface area contributed by atoms with Crippen molar-refractivity contribution in [3.05, 3.63) is 28.2 Å². The summed E-state index contributed by atoms with van der Waals surface area (Å²) in [5.74, 6) is 4.61. The molecule has 0 aliphatic carbocycles. The Balaban J connectivity index is 3.17. The van der Waals surface area contributed by atoms with E-state index in [9.17, 15) is 9.59 Å². The van der Waals surface area contributed by atoms with Crippen molar-refractivity contribution in [2.75, 3.05) is 0 Å². The molecule has 1 amide bonds. The van der Waals surface area contributed by atoms with Crippen LogP contribution in [-0.2, 0) is 4.79 Å². The third kappa shape index (κ3) is 2.41. The maximum Gasteiger partial charge on any atom is 0.267 e. The summed E-state index contributed by atoms with van der Waals surface area (Å²) in [6.45, 7) is 3.54. The second-order valence-corrected chi connectivity index (χ2v) is 3.19. The van der Waals surface area contributed by atoms with Crippen molar-refractivity contribution in [1.29, 1.82) is 0 Å². The van der Waals surface area contributed by atoms with Crippen LogP contribution in [0.1, 0.15) is 25.1 Å². The summed E-state index contributed by atoms with van der Waals surface area (Å²) in [5, 5.41) is 4.00. The second kappa shape index (κ2) is 4.70. The molecule has 3 N–H and O–H groups in total. The van der Waals surface area contributed by atoms with E-state index in [0.717, 1.165) is 4.68 Å². The number of rotatable bonds is 3. The van der Waals surface area contributed by atoms with Gasteiger partial charge in [0.25, 0.3) is 11.5 Å². The first-order valence-corrected chi connectivity index (χ1v) is 4.67. The molecule has 0 aliphatic heterocycles. The van der Waals surface area contributed by atoms with E-state index >= 15 is 0 Å².